The number of ether oxygens (including phenoxy) is 9. The summed E-state index contributed by atoms with van der Waals surface area (Å²) in [6.45, 7) is 15.5. The summed E-state index contributed by atoms with van der Waals surface area (Å²) in [5.41, 5.74) is -3.44. The van der Waals surface area contributed by atoms with Crippen molar-refractivity contribution in [2.24, 2.45) is 50.2 Å². The summed E-state index contributed by atoms with van der Waals surface area (Å²) in [6.07, 6.45) is -30.9. The van der Waals surface area contributed by atoms with Crippen LogP contribution in [0, 0.1) is 50.2 Å². The average Bonchev–Trinajstić information content (AvgIpc) is 2.04. The van der Waals surface area contributed by atoms with Gasteiger partial charge in [-0.2, -0.15) is 0 Å². The van der Waals surface area contributed by atoms with E-state index in [4.69, 9.17) is 42.6 Å². The quantitative estimate of drug-likeness (QED) is 0.0420. The van der Waals surface area contributed by atoms with E-state index in [0.29, 0.717) is 50.5 Å². The summed E-state index contributed by atoms with van der Waals surface area (Å²) < 4.78 is 54.7. The maximum Gasteiger partial charge on any atom is 0.335 e. The third-order valence-corrected chi connectivity index (χ3v) is 21.9. The van der Waals surface area contributed by atoms with E-state index in [-0.39, 0.29) is 17.3 Å². The summed E-state index contributed by atoms with van der Waals surface area (Å²) in [5, 5.41) is 156. The number of carbonyl (C=O) groups excluding carboxylic acids is 1. The maximum atomic E-state index is 13.4. The summed E-state index contributed by atoms with van der Waals surface area (Å²) in [6, 6.07) is 0. The highest BCUT2D eigenvalue weighted by atomic mass is 16.8. The third-order valence-electron chi connectivity index (χ3n) is 21.9. The summed E-state index contributed by atoms with van der Waals surface area (Å²) in [7, 11) is 0. The van der Waals surface area contributed by atoms with Gasteiger partial charge in [0.05, 0.1) is 50.2 Å². The molecule has 25 heteroatoms. The van der Waals surface area contributed by atoms with Crippen molar-refractivity contribution in [3.8, 4) is 0 Å². The van der Waals surface area contributed by atoms with Gasteiger partial charge in [-0.15, -0.1) is 0 Å². The molecule has 0 amide bonds. The lowest BCUT2D eigenvalue weighted by molar-refractivity contribution is -0.399. The Balaban J connectivity index is 1.04. The number of hydrogen-bond acceptors (Lipinski definition) is 24. The molecule has 0 aromatic heterocycles. The molecule has 29 atom stereocenters. The minimum Gasteiger partial charge on any atom is -0.479 e. The molecular formula is C57H90O25. The number of carbonyl (C=O) groups is 2. The second-order valence-corrected chi connectivity index (χ2v) is 27.1. The fourth-order valence-electron chi connectivity index (χ4n) is 16.8. The number of rotatable bonds is 13. The zero-order chi connectivity index (χ0) is 60.3. The van der Waals surface area contributed by atoms with Gasteiger partial charge in [0, 0.05) is 11.0 Å². The van der Waals surface area contributed by atoms with Crippen LogP contribution < -0.4 is 0 Å². The summed E-state index contributed by atoms with van der Waals surface area (Å²) in [4.78, 5) is 26.6. The van der Waals surface area contributed by atoms with Crippen LogP contribution >= 0.6 is 0 Å². The number of carboxylic acids is 1. The molecule has 0 spiro atoms. The molecule has 5 aliphatic carbocycles. The normalized spacial score (nSPS) is 52.0. The van der Waals surface area contributed by atoms with Crippen molar-refractivity contribution >= 4 is 11.9 Å². The molecule has 25 nitrogen and oxygen atoms in total. The smallest absolute Gasteiger partial charge is 0.335 e. The lowest BCUT2D eigenvalue weighted by Crippen LogP contribution is -2.74. The molecule has 9 aliphatic rings. The average molecular weight is 1180 g/mol. The second kappa shape index (κ2) is 23.3. The minimum atomic E-state index is -2.21. The van der Waals surface area contributed by atoms with Crippen LogP contribution in [0.1, 0.15) is 107 Å². The second-order valence-electron chi connectivity index (χ2n) is 27.1. The first-order chi connectivity index (χ1) is 38.3. The van der Waals surface area contributed by atoms with Crippen molar-refractivity contribution in [2.75, 3.05) is 26.4 Å². The number of esters is 1. The predicted molar refractivity (Wildman–Crippen MR) is 279 cm³/mol. The molecule has 4 saturated carbocycles. The van der Waals surface area contributed by atoms with Crippen LogP contribution in [0.3, 0.4) is 0 Å². The number of carboxylic acid groups (broad SMARTS) is 1. The first kappa shape index (κ1) is 64.1. The van der Waals surface area contributed by atoms with Gasteiger partial charge in [-0.05, 0) is 98.2 Å². The Morgan fingerprint density at radius 1 is 0.646 bits per heavy atom. The number of fused-ring (bicyclic) bond motifs is 7. The fourth-order valence-corrected chi connectivity index (χ4v) is 16.8. The van der Waals surface area contributed by atoms with E-state index in [0.717, 1.165) is 5.57 Å². The highest BCUT2D eigenvalue weighted by Gasteiger charge is 2.75. The van der Waals surface area contributed by atoms with Crippen LogP contribution in [0.25, 0.3) is 0 Å². The van der Waals surface area contributed by atoms with E-state index in [9.17, 15) is 81.1 Å². The topological polar surface area (TPSA) is 400 Å². The molecule has 4 saturated heterocycles. The molecule has 9 rings (SSSR count). The molecule has 0 radical (unpaired) electrons. The van der Waals surface area contributed by atoms with Gasteiger partial charge < -0.3 is 114 Å². The zero-order valence-corrected chi connectivity index (χ0v) is 48.1. The van der Waals surface area contributed by atoms with Gasteiger partial charge in [0.25, 0.3) is 0 Å². The standard InChI is InChI=1S/C57H90O25/c1-10-23(2)47(73)77-32-18-52(3,4)17-25-24-11-12-30-54(7)15-14-31(53(5,6)29(54)13-16-55(30,8)56(24,9)44(69)45(70)57(25,32)22-59)78-51-43(82-49-38(67)36(65)35(64)28(19-58)76-49)40(39(68)41(80-51)46(71)72)79-50-42(34(63)27(61)21-75-50)81-48-37(66)33(62)26(60)20-74-48/h10-11,25-45,48-51,58-70H,12-22H2,1-9H3,(H,71,72)/b23-10+/t25-,26+,27-,28+,29-,30+,31-,32-,33-,34-,35-,36-,37+,38+,39-,40-,41-,42+,43+,44-,45+,48-,49-,50-,51+,54-,55+,56-,57+/m0/s1. The largest absolute Gasteiger partial charge is 0.479 e. The highest BCUT2D eigenvalue weighted by molar-refractivity contribution is 5.87. The van der Waals surface area contributed by atoms with Crippen LogP contribution in [0.15, 0.2) is 23.3 Å². The first-order valence-corrected chi connectivity index (χ1v) is 28.9. The van der Waals surface area contributed by atoms with Gasteiger partial charge in [-0.3, -0.25) is 0 Å². The predicted octanol–water partition coefficient (Wildman–Crippen LogP) is -1.76. The number of aliphatic hydroxyl groups is 13. The minimum absolute atomic E-state index is 0.107. The molecule has 0 bridgehead atoms. The zero-order valence-electron chi connectivity index (χ0n) is 48.1. The number of hydrogen-bond donors (Lipinski definition) is 14. The molecule has 0 aromatic rings. The van der Waals surface area contributed by atoms with Gasteiger partial charge in [-0.25, -0.2) is 9.59 Å². The highest BCUT2D eigenvalue weighted by Crippen LogP contribution is 2.76. The Bertz CT molecular complexity index is 2370. The maximum absolute atomic E-state index is 13.4. The SMILES string of the molecule is C/C=C(\C)C(=O)O[C@H]1CC(C)(C)C[C@H]2C3=CC[C@@H]4[C@@]5(C)CC[C@H](O[C@@H]6O[C@H](C(=O)O)[C@@H](O)[C@H](O[C@@H]7OC[C@H](O)[C@H](O)[C@H]7O[C@@H]7OC[C@@H](O)[C@H](O)[C@H]7O)[C@H]6O[C@@H]6O[C@H](CO)[C@H](O)[C@H](O)[C@H]6O)C(C)(C)[C@@H]5CC[C@@]4(C)[C@]3(C)[C@@H](O)[C@@H](O)[C@@]12CO. The van der Waals surface area contributed by atoms with Crippen LogP contribution in [0.5, 0.6) is 0 Å². The molecule has 14 N–H and O–H groups in total. The van der Waals surface area contributed by atoms with Crippen molar-refractivity contribution in [2.45, 2.75) is 242 Å². The lowest BCUT2D eigenvalue weighted by Gasteiger charge is -2.73. The van der Waals surface area contributed by atoms with E-state index in [2.05, 4.69) is 33.8 Å². The Kier molecular flexibility index (Phi) is 18.2. The molecule has 0 unspecified atom stereocenters. The van der Waals surface area contributed by atoms with Crippen LogP contribution in [0.4, 0.5) is 0 Å². The van der Waals surface area contributed by atoms with E-state index in [1.807, 2.05) is 20.8 Å². The van der Waals surface area contributed by atoms with E-state index < -0.39 is 206 Å². The molecule has 468 valence electrons. The number of aliphatic carboxylic acids is 1. The van der Waals surface area contributed by atoms with Gasteiger partial charge in [0.1, 0.15) is 85.5 Å². The Labute approximate surface area is 476 Å². The Hall–Kier alpha value is -2.42. The third kappa shape index (κ3) is 10.3. The van der Waals surface area contributed by atoms with E-state index in [1.165, 1.54) is 0 Å². The molecular weight excluding hydrogens is 1080 g/mol. The molecule has 0 aromatic carbocycles. The van der Waals surface area contributed by atoms with Crippen molar-refractivity contribution in [3.05, 3.63) is 23.3 Å². The number of aliphatic hydroxyl groups excluding tert-OH is 13. The molecule has 82 heavy (non-hydrogen) atoms. The van der Waals surface area contributed by atoms with Gasteiger partial charge in [-0.1, -0.05) is 66.2 Å². The van der Waals surface area contributed by atoms with Crippen molar-refractivity contribution in [1.82, 2.24) is 0 Å². The molecule has 4 aliphatic heterocycles. The monoisotopic (exact) mass is 1170 g/mol. The van der Waals surface area contributed by atoms with Crippen LogP contribution in [-0.2, 0) is 52.2 Å². The van der Waals surface area contributed by atoms with Crippen molar-refractivity contribution in [1.29, 1.82) is 0 Å². The van der Waals surface area contributed by atoms with E-state index >= 15 is 0 Å². The Morgan fingerprint density at radius 2 is 1.27 bits per heavy atom. The number of allylic oxidation sites excluding steroid dienone is 2. The van der Waals surface area contributed by atoms with Gasteiger partial charge in [0.2, 0.25) is 0 Å². The lowest BCUT2D eigenvalue weighted by atomic mass is 9.32. The summed E-state index contributed by atoms with van der Waals surface area (Å²) in [5.74, 6) is -2.97. The van der Waals surface area contributed by atoms with Crippen LogP contribution in [-0.4, -0.2) is 245 Å². The molecule has 8 fully saturated rings. The fraction of sp³-hybridized carbons (Fsp3) is 0.895. The Morgan fingerprint density at radius 3 is 1.90 bits per heavy atom. The first-order valence-electron chi connectivity index (χ1n) is 28.9. The van der Waals surface area contributed by atoms with E-state index in [1.54, 1.807) is 19.9 Å². The molecule has 4 heterocycles. The van der Waals surface area contributed by atoms with Gasteiger partial charge in [0.15, 0.2) is 31.3 Å². The van der Waals surface area contributed by atoms with Crippen molar-refractivity contribution < 1.29 is 124 Å². The van der Waals surface area contributed by atoms with Gasteiger partial charge >= 0.3 is 11.9 Å². The van der Waals surface area contributed by atoms with Crippen molar-refractivity contribution in [3.63, 3.8) is 0 Å². The van der Waals surface area contributed by atoms with Crippen LogP contribution in [0.2, 0.25) is 0 Å². The summed E-state index contributed by atoms with van der Waals surface area (Å²) >= 11 is 0.